The van der Waals surface area contributed by atoms with Gasteiger partial charge in [0.25, 0.3) is 0 Å². The van der Waals surface area contributed by atoms with Crippen molar-refractivity contribution in [2.24, 2.45) is 5.73 Å². The molecule has 2 N–H and O–H groups in total. The van der Waals surface area contributed by atoms with Gasteiger partial charge in [0.2, 0.25) is 0 Å². The predicted molar refractivity (Wildman–Crippen MR) is 88.6 cm³/mol. The zero-order valence-corrected chi connectivity index (χ0v) is 14.0. The van der Waals surface area contributed by atoms with Gasteiger partial charge >= 0.3 is 0 Å². The molecule has 2 aliphatic heterocycles. The molecule has 1 saturated heterocycles. The van der Waals surface area contributed by atoms with Crippen molar-refractivity contribution in [1.82, 2.24) is 0 Å². The normalized spacial score (nSPS) is 23.8. The monoisotopic (exact) mass is 359 g/mol. The van der Waals surface area contributed by atoms with Gasteiger partial charge in [-0.2, -0.15) is 23.5 Å². The van der Waals surface area contributed by atoms with E-state index in [1.165, 1.54) is 28.4 Å². The van der Waals surface area contributed by atoms with Crippen LogP contribution in [0.2, 0.25) is 0 Å². The smallest absolute Gasteiger partial charge is 0.125 e. The number of nitrogens with two attached hydrogens (primary N) is 1. The lowest BCUT2D eigenvalue weighted by atomic mass is 10.0. The van der Waals surface area contributed by atoms with Crippen molar-refractivity contribution in [2.75, 3.05) is 23.9 Å². The van der Waals surface area contributed by atoms with Crippen molar-refractivity contribution in [1.29, 1.82) is 0 Å². The van der Waals surface area contributed by atoms with Gasteiger partial charge in [0.15, 0.2) is 0 Å². The van der Waals surface area contributed by atoms with Gasteiger partial charge in [-0.15, -0.1) is 0 Å². The highest BCUT2D eigenvalue weighted by Gasteiger charge is 2.25. The van der Waals surface area contributed by atoms with Gasteiger partial charge in [0.1, 0.15) is 5.75 Å². The largest absolute Gasteiger partial charge is 0.493 e. The number of ether oxygens (including phenoxy) is 1. The number of hydrogen-bond acceptors (Lipinski definition) is 4. The fourth-order valence-electron chi connectivity index (χ4n) is 2.64. The van der Waals surface area contributed by atoms with Gasteiger partial charge in [-0.05, 0) is 29.7 Å². The quantitative estimate of drug-likeness (QED) is 0.899. The second kappa shape index (κ2) is 6.29. The zero-order valence-electron chi connectivity index (χ0n) is 10.7. The van der Waals surface area contributed by atoms with Crippen molar-refractivity contribution in [2.45, 2.75) is 24.1 Å². The molecule has 0 aliphatic carbocycles. The van der Waals surface area contributed by atoms with Crippen LogP contribution in [-0.4, -0.2) is 35.2 Å². The van der Waals surface area contributed by atoms with Crippen molar-refractivity contribution in [3.8, 4) is 5.75 Å². The van der Waals surface area contributed by atoms with E-state index in [9.17, 15) is 0 Å². The number of halogens is 1. The molecule has 2 unspecified atom stereocenters. The molecule has 2 aliphatic rings. The van der Waals surface area contributed by atoms with Crippen LogP contribution in [0.1, 0.15) is 11.1 Å². The number of rotatable bonds is 3. The fraction of sp³-hybridized carbons (Fsp3) is 0.571. The molecular weight excluding hydrogens is 342 g/mol. The molecule has 0 amide bonds. The van der Waals surface area contributed by atoms with Crippen LogP contribution in [-0.2, 0) is 12.8 Å². The van der Waals surface area contributed by atoms with Crippen LogP contribution < -0.4 is 10.5 Å². The molecule has 19 heavy (non-hydrogen) atoms. The minimum atomic E-state index is 0.223. The lowest BCUT2D eigenvalue weighted by molar-refractivity contribution is 0.352. The molecule has 5 heteroatoms. The molecule has 1 fully saturated rings. The Kier molecular flexibility index (Phi) is 4.67. The van der Waals surface area contributed by atoms with Crippen LogP contribution in [0, 0.1) is 0 Å². The van der Waals surface area contributed by atoms with Crippen LogP contribution in [0.4, 0.5) is 0 Å². The first-order valence-electron chi connectivity index (χ1n) is 6.63. The molecule has 3 rings (SSSR count). The SMILES string of the molecule is NC(Cc1cc(Br)cc2c1OCC2)C1CSCCS1. The topological polar surface area (TPSA) is 35.2 Å². The van der Waals surface area contributed by atoms with Gasteiger partial charge < -0.3 is 10.5 Å². The standard InChI is InChI=1S/C14H18BrNOS2/c15-11-5-9-1-2-17-14(9)10(6-11)7-12(16)13-8-18-3-4-19-13/h5-6,12-13H,1-4,7-8,16H2. The average Bonchev–Trinajstić information content (AvgIpc) is 2.88. The van der Waals surface area contributed by atoms with Gasteiger partial charge in [-0.25, -0.2) is 0 Å². The summed E-state index contributed by atoms with van der Waals surface area (Å²) in [5.74, 6) is 4.77. The van der Waals surface area contributed by atoms with Crippen molar-refractivity contribution in [3.63, 3.8) is 0 Å². The first kappa shape index (κ1) is 14.1. The van der Waals surface area contributed by atoms with E-state index in [2.05, 4.69) is 28.1 Å². The molecule has 2 nitrogen and oxygen atoms in total. The number of thioether (sulfide) groups is 2. The summed E-state index contributed by atoms with van der Waals surface area (Å²) < 4.78 is 6.93. The summed E-state index contributed by atoms with van der Waals surface area (Å²) in [6.45, 7) is 0.808. The maximum Gasteiger partial charge on any atom is 0.125 e. The first-order chi connectivity index (χ1) is 9.24. The molecule has 0 spiro atoms. The Hall–Kier alpha value is 0.160. The van der Waals surface area contributed by atoms with E-state index < -0.39 is 0 Å². The highest BCUT2D eigenvalue weighted by Crippen LogP contribution is 2.35. The van der Waals surface area contributed by atoms with E-state index in [0.717, 1.165) is 29.7 Å². The number of hydrogen-bond donors (Lipinski definition) is 1. The third-order valence-electron chi connectivity index (χ3n) is 3.60. The maximum atomic E-state index is 6.42. The van der Waals surface area contributed by atoms with Crippen LogP contribution in [0.5, 0.6) is 5.75 Å². The van der Waals surface area contributed by atoms with Crippen LogP contribution in [0.25, 0.3) is 0 Å². The van der Waals surface area contributed by atoms with Crippen LogP contribution in [0.3, 0.4) is 0 Å². The minimum absolute atomic E-state index is 0.223. The highest BCUT2D eigenvalue weighted by atomic mass is 79.9. The van der Waals surface area contributed by atoms with Crippen LogP contribution in [0.15, 0.2) is 16.6 Å². The Morgan fingerprint density at radius 1 is 1.42 bits per heavy atom. The van der Waals surface area contributed by atoms with Crippen molar-refractivity contribution >= 4 is 39.5 Å². The Morgan fingerprint density at radius 3 is 3.11 bits per heavy atom. The molecule has 0 aromatic heterocycles. The molecule has 104 valence electrons. The van der Waals surface area contributed by atoms with Crippen molar-refractivity contribution < 1.29 is 4.74 Å². The van der Waals surface area contributed by atoms with E-state index in [-0.39, 0.29) is 6.04 Å². The lowest BCUT2D eigenvalue weighted by Crippen LogP contribution is -2.38. The number of benzene rings is 1. The summed E-state index contributed by atoms with van der Waals surface area (Å²) in [4.78, 5) is 0. The first-order valence-corrected chi connectivity index (χ1v) is 9.62. The molecule has 1 aromatic rings. The van der Waals surface area contributed by atoms with Gasteiger partial charge in [0.05, 0.1) is 6.61 Å². The van der Waals surface area contributed by atoms with E-state index in [1.54, 1.807) is 0 Å². The summed E-state index contributed by atoms with van der Waals surface area (Å²) in [7, 11) is 0. The third kappa shape index (κ3) is 3.26. The molecule has 2 heterocycles. The summed E-state index contributed by atoms with van der Waals surface area (Å²) in [5, 5.41) is 0.579. The lowest BCUT2D eigenvalue weighted by Gasteiger charge is -2.27. The van der Waals surface area contributed by atoms with Gasteiger partial charge in [-0.3, -0.25) is 0 Å². The fourth-order valence-corrected chi connectivity index (χ4v) is 6.01. The predicted octanol–water partition coefficient (Wildman–Crippen LogP) is 3.10. The van der Waals surface area contributed by atoms with Gasteiger partial charge in [-0.1, -0.05) is 15.9 Å². The van der Waals surface area contributed by atoms with E-state index >= 15 is 0 Å². The zero-order chi connectivity index (χ0) is 13.2. The molecule has 1 aromatic carbocycles. The average molecular weight is 360 g/mol. The molecule has 0 radical (unpaired) electrons. The van der Waals surface area contributed by atoms with Gasteiger partial charge in [0, 0.05) is 39.4 Å². The van der Waals surface area contributed by atoms with E-state index in [1.807, 2.05) is 23.5 Å². The summed E-state index contributed by atoms with van der Waals surface area (Å²) in [6.07, 6.45) is 1.94. The summed E-state index contributed by atoms with van der Waals surface area (Å²) in [5.41, 5.74) is 9.01. The maximum absolute atomic E-state index is 6.42. The molecular formula is C14H18BrNOS2. The Bertz CT molecular complexity index is 463. The Labute approximate surface area is 131 Å². The van der Waals surface area contributed by atoms with Crippen molar-refractivity contribution in [3.05, 3.63) is 27.7 Å². The second-order valence-electron chi connectivity index (χ2n) is 5.00. The molecule has 0 bridgehead atoms. The summed E-state index contributed by atoms with van der Waals surface area (Å²) >= 11 is 7.65. The Morgan fingerprint density at radius 2 is 2.32 bits per heavy atom. The second-order valence-corrected chi connectivity index (χ2v) is 8.42. The third-order valence-corrected chi connectivity index (χ3v) is 7.00. The van der Waals surface area contributed by atoms with E-state index in [0.29, 0.717) is 5.25 Å². The highest BCUT2D eigenvalue weighted by molar-refractivity contribution is 9.10. The molecule has 0 saturated carbocycles. The minimum Gasteiger partial charge on any atom is -0.493 e. The number of fused-ring (bicyclic) bond motifs is 1. The van der Waals surface area contributed by atoms with Crippen LogP contribution >= 0.6 is 39.5 Å². The van der Waals surface area contributed by atoms with E-state index in [4.69, 9.17) is 10.5 Å². The Balaban J connectivity index is 1.75. The summed E-state index contributed by atoms with van der Waals surface area (Å²) in [6, 6.07) is 4.56. The molecule has 2 atom stereocenters.